The number of ketones is 1. The van der Waals surface area contributed by atoms with Gasteiger partial charge in [0.15, 0.2) is 0 Å². The molecule has 0 fully saturated rings. The molecular weight excluding hydrogens is 148 g/mol. The SMILES string of the molecule is C[CH]CCCCCCCC(C)=O. The summed E-state index contributed by atoms with van der Waals surface area (Å²) in [5.41, 5.74) is 0. The van der Waals surface area contributed by atoms with Crippen LogP contribution in [0.5, 0.6) is 0 Å². The summed E-state index contributed by atoms with van der Waals surface area (Å²) in [5, 5.41) is 0. The highest BCUT2D eigenvalue weighted by atomic mass is 16.1. The topological polar surface area (TPSA) is 17.1 Å². The molecule has 0 aliphatic rings. The Labute approximate surface area is 76.6 Å². The Morgan fingerprint density at radius 1 is 1.08 bits per heavy atom. The highest BCUT2D eigenvalue weighted by Gasteiger charge is 1.93. The van der Waals surface area contributed by atoms with Crippen LogP contribution in [0.4, 0.5) is 0 Å². The van der Waals surface area contributed by atoms with Crippen LogP contribution in [-0.4, -0.2) is 5.78 Å². The number of carbonyl (C=O) groups is 1. The first-order valence-corrected chi connectivity index (χ1v) is 5.04. The van der Waals surface area contributed by atoms with E-state index in [1.807, 2.05) is 0 Å². The number of carbonyl (C=O) groups excluding carboxylic acids is 1. The Hall–Kier alpha value is -0.330. The second kappa shape index (κ2) is 8.76. The van der Waals surface area contributed by atoms with Crippen LogP contribution in [0.3, 0.4) is 0 Å². The molecule has 0 aromatic heterocycles. The summed E-state index contributed by atoms with van der Waals surface area (Å²) in [5.74, 6) is 0.330. The molecule has 1 radical (unpaired) electrons. The Kier molecular flexibility index (Phi) is 8.52. The summed E-state index contributed by atoms with van der Waals surface area (Å²) in [7, 11) is 0. The Bertz CT molecular complexity index is 108. The van der Waals surface area contributed by atoms with Gasteiger partial charge >= 0.3 is 0 Å². The van der Waals surface area contributed by atoms with E-state index in [9.17, 15) is 4.79 Å². The molecule has 0 bridgehead atoms. The first kappa shape index (κ1) is 11.7. The van der Waals surface area contributed by atoms with Crippen LogP contribution in [-0.2, 0) is 4.79 Å². The summed E-state index contributed by atoms with van der Waals surface area (Å²) in [6.45, 7) is 3.78. The number of unbranched alkanes of at least 4 members (excludes halogenated alkanes) is 6. The van der Waals surface area contributed by atoms with E-state index in [1.165, 1.54) is 32.1 Å². The standard InChI is InChI=1S/C11H21O/c1-3-4-5-6-7-8-9-10-11(2)12/h3H,4-10H2,1-2H3. The molecule has 1 nitrogen and oxygen atoms in total. The van der Waals surface area contributed by atoms with Crippen molar-refractivity contribution in [3.63, 3.8) is 0 Å². The molecule has 0 atom stereocenters. The third kappa shape index (κ3) is 9.67. The average molecular weight is 169 g/mol. The third-order valence-corrected chi connectivity index (χ3v) is 2.02. The lowest BCUT2D eigenvalue weighted by atomic mass is 10.1. The Morgan fingerprint density at radius 2 is 1.67 bits per heavy atom. The number of hydrogen-bond acceptors (Lipinski definition) is 1. The molecule has 12 heavy (non-hydrogen) atoms. The fourth-order valence-corrected chi connectivity index (χ4v) is 1.25. The zero-order valence-electron chi connectivity index (χ0n) is 8.44. The van der Waals surface area contributed by atoms with Crippen molar-refractivity contribution in [1.29, 1.82) is 0 Å². The first-order valence-electron chi connectivity index (χ1n) is 5.04. The summed E-state index contributed by atoms with van der Waals surface area (Å²) >= 11 is 0. The number of Topliss-reactive ketones (excluding diaryl/α,β-unsaturated/α-hetero) is 1. The molecule has 0 heterocycles. The lowest BCUT2D eigenvalue weighted by molar-refractivity contribution is -0.117. The first-order chi connectivity index (χ1) is 5.77. The Morgan fingerprint density at radius 3 is 2.25 bits per heavy atom. The predicted octanol–water partition coefficient (Wildman–Crippen LogP) is 3.53. The van der Waals surface area contributed by atoms with Crippen molar-refractivity contribution in [1.82, 2.24) is 0 Å². The van der Waals surface area contributed by atoms with Gasteiger partial charge in [0.1, 0.15) is 5.78 Å². The predicted molar refractivity (Wildman–Crippen MR) is 53.0 cm³/mol. The molecule has 1 heteroatoms. The van der Waals surface area contributed by atoms with E-state index in [4.69, 9.17) is 0 Å². The molecule has 0 N–H and O–H groups in total. The molecule has 0 rings (SSSR count). The van der Waals surface area contributed by atoms with Gasteiger partial charge < -0.3 is 4.79 Å². The largest absolute Gasteiger partial charge is 0.300 e. The van der Waals surface area contributed by atoms with E-state index < -0.39 is 0 Å². The van der Waals surface area contributed by atoms with Gasteiger partial charge in [-0.15, -0.1) is 0 Å². The zero-order chi connectivity index (χ0) is 9.23. The summed E-state index contributed by atoms with van der Waals surface area (Å²) in [6, 6.07) is 0. The van der Waals surface area contributed by atoms with Gasteiger partial charge in [-0.05, 0) is 19.8 Å². The molecular formula is C11H21O. The van der Waals surface area contributed by atoms with Crippen molar-refractivity contribution in [3.05, 3.63) is 6.42 Å². The second-order valence-electron chi connectivity index (χ2n) is 3.42. The maximum absolute atomic E-state index is 10.6. The van der Waals surface area contributed by atoms with Crippen molar-refractivity contribution in [3.8, 4) is 0 Å². The average Bonchev–Trinajstić information content (AvgIpc) is 2.02. The van der Waals surface area contributed by atoms with Crippen LogP contribution in [0.15, 0.2) is 0 Å². The van der Waals surface area contributed by atoms with Crippen LogP contribution >= 0.6 is 0 Å². The fraction of sp³-hybridized carbons (Fsp3) is 0.818. The maximum Gasteiger partial charge on any atom is 0.129 e. The minimum absolute atomic E-state index is 0.330. The normalized spacial score (nSPS) is 10.2. The number of rotatable bonds is 8. The quantitative estimate of drug-likeness (QED) is 0.508. The van der Waals surface area contributed by atoms with Gasteiger partial charge in [-0.2, -0.15) is 0 Å². The van der Waals surface area contributed by atoms with Crippen LogP contribution in [0.1, 0.15) is 58.8 Å². The lowest BCUT2D eigenvalue weighted by Gasteiger charge is -1.98. The van der Waals surface area contributed by atoms with Crippen LogP contribution < -0.4 is 0 Å². The van der Waals surface area contributed by atoms with Gasteiger partial charge in [0.05, 0.1) is 0 Å². The molecule has 0 aliphatic carbocycles. The van der Waals surface area contributed by atoms with Crippen molar-refractivity contribution >= 4 is 5.78 Å². The third-order valence-electron chi connectivity index (χ3n) is 2.02. The van der Waals surface area contributed by atoms with Gasteiger partial charge in [0, 0.05) is 6.42 Å². The minimum atomic E-state index is 0.330. The van der Waals surface area contributed by atoms with Crippen molar-refractivity contribution in [2.45, 2.75) is 58.8 Å². The van der Waals surface area contributed by atoms with Gasteiger partial charge in [0.2, 0.25) is 0 Å². The van der Waals surface area contributed by atoms with Crippen LogP contribution in [0, 0.1) is 6.42 Å². The van der Waals surface area contributed by atoms with Crippen molar-refractivity contribution in [2.24, 2.45) is 0 Å². The molecule has 0 spiro atoms. The van der Waals surface area contributed by atoms with Crippen molar-refractivity contribution in [2.75, 3.05) is 0 Å². The molecule has 0 saturated heterocycles. The zero-order valence-corrected chi connectivity index (χ0v) is 8.44. The highest BCUT2D eigenvalue weighted by Crippen LogP contribution is 2.07. The van der Waals surface area contributed by atoms with Gasteiger partial charge in [0.25, 0.3) is 0 Å². The lowest BCUT2D eigenvalue weighted by Crippen LogP contribution is -1.89. The fourth-order valence-electron chi connectivity index (χ4n) is 1.25. The number of hydrogen-bond donors (Lipinski definition) is 0. The van der Waals surface area contributed by atoms with Crippen LogP contribution in [0.25, 0.3) is 0 Å². The van der Waals surface area contributed by atoms with Crippen molar-refractivity contribution < 1.29 is 4.79 Å². The van der Waals surface area contributed by atoms with E-state index >= 15 is 0 Å². The molecule has 0 aromatic carbocycles. The summed E-state index contributed by atoms with van der Waals surface area (Å²) < 4.78 is 0. The summed E-state index contributed by atoms with van der Waals surface area (Å²) in [6.07, 6.45) is 10.5. The molecule has 0 saturated carbocycles. The summed E-state index contributed by atoms with van der Waals surface area (Å²) in [4.78, 5) is 10.6. The van der Waals surface area contributed by atoms with Crippen LogP contribution in [0.2, 0.25) is 0 Å². The molecule has 0 unspecified atom stereocenters. The second-order valence-corrected chi connectivity index (χ2v) is 3.42. The Balaban J connectivity index is 2.86. The minimum Gasteiger partial charge on any atom is -0.300 e. The van der Waals surface area contributed by atoms with Gasteiger partial charge in [-0.25, -0.2) is 0 Å². The monoisotopic (exact) mass is 169 g/mol. The smallest absolute Gasteiger partial charge is 0.129 e. The van der Waals surface area contributed by atoms with Gasteiger partial charge in [-0.3, -0.25) is 0 Å². The maximum atomic E-state index is 10.6. The van der Waals surface area contributed by atoms with E-state index in [0.717, 1.165) is 12.8 Å². The highest BCUT2D eigenvalue weighted by molar-refractivity contribution is 5.75. The van der Waals surface area contributed by atoms with E-state index in [-0.39, 0.29) is 0 Å². The molecule has 0 aliphatic heterocycles. The van der Waals surface area contributed by atoms with E-state index in [2.05, 4.69) is 13.3 Å². The molecule has 71 valence electrons. The van der Waals surface area contributed by atoms with E-state index in [0.29, 0.717) is 5.78 Å². The van der Waals surface area contributed by atoms with E-state index in [1.54, 1.807) is 6.92 Å². The molecule has 0 aromatic rings. The van der Waals surface area contributed by atoms with Gasteiger partial charge in [-0.1, -0.05) is 39.0 Å². The molecule has 0 amide bonds.